The molecule has 0 bridgehead atoms. The molecule has 1 atom stereocenters. The van der Waals surface area contributed by atoms with Crippen LogP contribution in [0.15, 0.2) is 60.9 Å². The highest BCUT2D eigenvalue weighted by Gasteiger charge is 2.47. The molecule has 5 aromatic rings. The normalized spacial score (nSPS) is 19.2. The number of amides is 1. The number of hydrogen-bond acceptors (Lipinski definition) is 10. The van der Waals surface area contributed by atoms with Gasteiger partial charge in [-0.05, 0) is 103 Å². The number of halogens is 3. The molecule has 3 saturated heterocycles. The van der Waals surface area contributed by atoms with Crippen LogP contribution in [0.3, 0.4) is 0 Å². The van der Waals surface area contributed by atoms with E-state index in [4.69, 9.17) is 14.5 Å². The largest absolute Gasteiger partial charge is 0.480 e. The van der Waals surface area contributed by atoms with Gasteiger partial charge in [-0.2, -0.15) is 18.2 Å². The first-order valence-electron chi connectivity index (χ1n) is 19.8. The third kappa shape index (κ3) is 7.25. The molecule has 3 aromatic heterocycles. The van der Waals surface area contributed by atoms with Gasteiger partial charge in [-0.25, -0.2) is 9.97 Å². The molecule has 6 heterocycles. The maximum atomic E-state index is 14.5. The molecule has 3 aliphatic heterocycles. The zero-order chi connectivity index (χ0) is 39.3. The number of benzene rings is 2. The number of likely N-dealkylation sites (tertiary alicyclic amines) is 2. The van der Waals surface area contributed by atoms with Crippen LogP contribution in [0.25, 0.3) is 22.0 Å². The molecule has 296 valence electrons. The SMILES string of the molecule is CCc1c(Nc2nccc3cc(CN4CC5(CCC(=O)N5)C4)cnc23)cccc1-c1cccc2c1CC[C@H]2Oc1nc(OC)c(CN2CCCC2)nc1C(F)(F)F. The van der Waals surface area contributed by atoms with Crippen LogP contribution in [0.4, 0.5) is 24.7 Å². The number of methoxy groups -OCH3 is 1. The Labute approximate surface area is 329 Å². The molecule has 1 spiro atoms. The third-order valence-electron chi connectivity index (χ3n) is 11.8. The number of ether oxygens (including phenoxy) is 2. The quantitative estimate of drug-likeness (QED) is 0.139. The third-order valence-corrected chi connectivity index (χ3v) is 11.8. The van der Waals surface area contributed by atoms with Crippen LogP contribution in [-0.2, 0) is 36.9 Å². The van der Waals surface area contributed by atoms with Crippen molar-refractivity contribution < 1.29 is 27.4 Å². The number of carbonyl (C=O) groups excluding carboxylic acids is 1. The van der Waals surface area contributed by atoms with Gasteiger partial charge in [0.15, 0.2) is 5.82 Å². The first-order chi connectivity index (χ1) is 27.6. The van der Waals surface area contributed by atoms with Crippen molar-refractivity contribution in [2.75, 3.05) is 38.6 Å². The standard InChI is InChI=1S/C43H45F3N8O3/c1-3-28-29(9-7-11-33(28)50-39-37-27(15-17-47-39)20-26(21-48-37)22-54-24-42(25-54)16-14-36(55)52-42)30-8-6-10-32-31(30)12-13-35(32)57-41-38(43(44,45)46)49-34(40(51-41)56-2)23-53-18-4-5-19-53/h6-11,15,17,20-21,35H,3-5,12-14,16,18-19,22-25H2,1-2H3,(H,47,50)(H,52,55)/t35-/m1/s1. The molecule has 14 heteroatoms. The van der Waals surface area contributed by atoms with Gasteiger partial charge in [0, 0.05) is 56.1 Å². The van der Waals surface area contributed by atoms with E-state index < -0.39 is 23.9 Å². The van der Waals surface area contributed by atoms with Crippen LogP contribution in [0, 0.1) is 0 Å². The minimum absolute atomic E-state index is 0.0474. The second-order valence-electron chi connectivity index (χ2n) is 15.7. The summed E-state index contributed by atoms with van der Waals surface area (Å²) in [6.07, 6.45) is 3.62. The van der Waals surface area contributed by atoms with Crippen molar-refractivity contribution >= 4 is 28.3 Å². The van der Waals surface area contributed by atoms with Crippen molar-refractivity contribution in [1.29, 1.82) is 0 Å². The van der Waals surface area contributed by atoms with E-state index >= 15 is 0 Å². The number of fused-ring (bicyclic) bond motifs is 2. The Bertz CT molecular complexity index is 2340. The molecule has 0 saturated carbocycles. The lowest BCUT2D eigenvalue weighted by Crippen LogP contribution is -2.66. The molecule has 1 amide bonds. The van der Waals surface area contributed by atoms with Gasteiger partial charge in [0.25, 0.3) is 0 Å². The van der Waals surface area contributed by atoms with Crippen LogP contribution in [0.1, 0.15) is 78.8 Å². The van der Waals surface area contributed by atoms with Gasteiger partial charge < -0.3 is 20.1 Å². The van der Waals surface area contributed by atoms with Gasteiger partial charge in [-0.15, -0.1) is 0 Å². The fourth-order valence-electron chi connectivity index (χ4n) is 9.19. The van der Waals surface area contributed by atoms with Crippen molar-refractivity contribution in [3.8, 4) is 22.9 Å². The molecule has 3 fully saturated rings. The van der Waals surface area contributed by atoms with E-state index in [1.807, 2.05) is 36.5 Å². The smallest absolute Gasteiger partial charge is 0.438 e. The van der Waals surface area contributed by atoms with E-state index in [1.165, 1.54) is 7.11 Å². The van der Waals surface area contributed by atoms with Crippen molar-refractivity contribution in [3.05, 3.63) is 94.6 Å². The summed E-state index contributed by atoms with van der Waals surface area (Å²) >= 11 is 0. The van der Waals surface area contributed by atoms with Crippen LogP contribution >= 0.6 is 0 Å². The Morgan fingerprint density at radius 2 is 1.77 bits per heavy atom. The molecule has 9 rings (SSSR count). The molecule has 4 aliphatic rings. The summed E-state index contributed by atoms with van der Waals surface area (Å²) in [6, 6.07) is 16.2. The number of rotatable bonds is 11. The zero-order valence-electron chi connectivity index (χ0n) is 32.1. The Morgan fingerprint density at radius 3 is 2.53 bits per heavy atom. The summed E-state index contributed by atoms with van der Waals surface area (Å²) in [5, 5.41) is 7.70. The lowest BCUT2D eigenvalue weighted by Gasteiger charge is -2.47. The highest BCUT2D eigenvalue weighted by molar-refractivity contribution is 5.91. The minimum Gasteiger partial charge on any atom is -0.480 e. The first-order valence-corrected chi connectivity index (χ1v) is 19.8. The predicted molar refractivity (Wildman–Crippen MR) is 209 cm³/mol. The number of pyridine rings is 2. The fourth-order valence-corrected chi connectivity index (χ4v) is 9.19. The molecular formula is C43H45F3N8O3. The summed E-state index contributed by atoms with van der Waals surface area (Å²) in [5.41, 5.74) is 6.73. The average molecular weight is 779 g/mol. The maximum Gasteiger partial charge on any atom is 0.438 e. The minimum atomic E-state index is -4.76. The van der Waals surface area contributed by atoms with E-state index in [1.54, 1.807) is 6.20 Å². The van der Waals surface area contributed by atoms with Crippen LogP contribution < -0.4 is 20.1 Å². The van der Waals surface area contributed by atoms with Crippen molar-refractivity contribution in [3.63, 3.8) is 0 Å². The molecule has 0 radical (unpaired) electrons. The van der Waals surface area contributed by atoms with Gasteiger partial charge in [-0.3, -0.25) is 19.6 Å². The van der Waals surface area contributed by atoms with Gasteiger partial charge in [-0.1, -0.05) is 37.3 Å². The van der Waals surface area contributed by atoms with Gasteiger partial charge in [0.2, 0.25) is 23.4 Å². The number of anilines is 2. The van der Waals surface area contributed by atoms with E-state index in [-0.39, 0.29) is 29.6 Å². The summed E-state index contributed by atoms with van der Waals surface area (Å²) < 4.78 is 55.0. The highest BCUT2D eigenvalue weighted by Crippen LogP contribution is 2.45. The van der Waals surface area contributed by atoms with E-state index in [0.717, 1.165) is 108 Å². The Balaban J connectivity index is 0.963. The summed E-state index contributed by atoms with van der Waals surface area (Å²) in [7, 11) is 1.40. The first kappa shape index (κ1) is 37.2. The van der Waals surface area contributed by atoms with Gasteiger partial charge in [0.05, 0.1) is 12.6 Å². The molecule has 2 N–H and O–H groups in total. The van der Waals surface area contributed by atoms with Crippen molar-refractivity contribution in [1.82, 2.24) is 35.1 Å². The van der Waals surface area contributed by atoms with Gasteiger partial charge in [0.1, 0.15) is 17.3 Å². The second kappa shape index (κ2) is 14.9. The number of carbonyl (C=O) groups is 1. The highest BCUT2D eigenvalue weighted by atomic mass is 19.4. The number of nitrogens with one attached hydrogen (secondary N) is 2. The van der Waals surface area contributed by atoms with Crippen molar-refractivity contribution in [2.45, 2.75) is 82.8 Å². The van der Waals surface area contributed by atoms with E-state index in [2.05, 4.69) is 60.5 Å². The summed E-state index contributed by atoms with van der Waals surface area (Å²) in [5.74, 6) is 0.277. The Kier molecular flexibility index (Phi) is 9.72. The molecular weight excluding hydrogens is 734 g/mol. The zero-order valence-corrected chi connectivity index (χ0v) is 32.1. The monoisotopic (exact) mass is 778 g/mol. The Morgan fingerprint density at radius 1 is 0.965 bits per heavy atom. The molecule has 0 unspecified atom stereocenters. The number of nitrogens with zero attached hydrogens (tertiary/aromatic N) is 6. The van der Waals surface area contributed by atoms with Crippen LogP contribution in [0.5, 0.6) is 11.8 Å². The van der Waals surface area contributed by atoms with Crippen molar-refractivity contribution in [2.24, 2.45) is 0 Å². The maximum absolute atomic E-state index is 14.5. The Hall–Kier alpha value is -5.34. The molecule has 57 heavy (non-hydrogen) atoms. The van der Waals surface area contributed by atoms with E-state index in [9.17, 15) is 18.0 Å². The topological polar surface area (TPSA) is 118 Å². The lowest BCUT2D eigenvalue weighted by molar-refractivity contribution is -0.143. The summed E-state index contributed by atoms with van der Waals surface area (Å²) in [4.78, 5) is 34.0. The van der Waals surface area contributed by atoms with Gasteiger partial charge >= 0.3 is 6.18 Å². The van der Waals surface area contributed by atoms with Crippen LogP contribution in [0.2, 0.25) is 0 Å². The lowest BCUT2D eigenvalue weighted by atomic mass is 9.88. The number of aromatic nitrogens is 4. The van der Waals surface area contributed by atoms with Crippen LogP contribution in [-0.4, -0.2) is 74.5 Å². The summed E-state index contributed by atoms with van der Waals surface area (Å²) in [6.45, 7) is 6.40. The fraction of sp³-hybridized carbons (Fsp3) is 0.419. The predicted octanol–water partition coefficient (Wildman–Crippen LogP) is 7.55. The second-order valence-corrected chi connectivity index (χ2v) is 15.7. The molecule has 1 aliphatic carbocycles. The average Bonchev–Trinajstić information content (AvgIpc) is 3.95. The number of hydrogen-bond donors (Lipinski definition) is 2. The molecule has 11 nitrogen and oxygen atoms in total. The molecule has 2 aromatic carbocycles. The van der Waals surface area contributed by atoms with E-state index in [0.29, 0.717) is 25.1 Å². The number of alkyl halides is 3.